The number of rotatable bonds is 7. The quantitative estimate of drug-likeness (QED) is 0.706. The third-order valence-electron chi connectivity index (χ3n) is 2.29. The average molecular weight is 235 g/mol. The summed E-state index contributed by atoms with van der Waals surface area (Å²) in [6.07, 6.45) is 2.24. The molecule has 4 nitrogen and oxygen atoms in total. The largest absolute Gasteiger partial charge is 0.327 e. The lowest BCUT2D eigenvalue weighted by Crippen LogP contribution is -2.29. The van der Waals surface area contributed by atoms with Crippen LogP contribution in [0.1, 0.15) is 33.1 Å². The van der Waals surface area contributed by atoms with E-state index < -0.39 is 9.84 Å². The van der Waals surface area contributed by atoms with E-state index in [2.05, 4.69) is 0 Å². The van der Waals surface area contributed by atoms with Gasteiger partial charge in [0.2, 0.25) is 0 Å². The van der Waals surface area contributed by atoms with Crippen molar-refractivity contribution in [3.8, 4) is 0 Å². The second-order valence-corrected chi connectivity index (χ2v) is 6.64. The molecule has 15 heavy (non-hydrogen) atoms. The number of hydrogen-bond acceptors (Lipinski definition) is 4. The zero-order valence-electron chi connectivity index (χ0n) is 9.69. The second-order valence-electron chi connectivity index (χ2n) is 4.38. The van der Waals surface area contributed by atoms with Gasteiger partial charge >= 0.3 is 0 Å². The molecule has 0 radical (unpaired) electrons. The monoisotopic (exact) mass is 235 g/mol. The van der Waals surface area contributed by atoms with Gasteiger partial charge in [-0.15, -0.1) is 0 Å². The van der Waals surface area contributed by atoms with Crippen molar-refractivity contribution in [1.29, 1.82) is 0 Å². The molecule has 0 aliphatic rings. The van der Waals surface area contributed by atoms with Gasteiger partial charge in [-0.3, -0.25) is 4.79 Å². The lowest BCUT2D eigenvalue weighted by molar-refractivity contribution is -0.119. The molecule has 1 atom stereocenters. The molecular weight excluding hydrogens is 214 g/mol. The molecule has 1 unspecified atom stereocenters. The third-order valence-corrected chi connectivity index (χ3v) is 3.32. The van der Waals surface area contributed by atoms with Gasteiger partial charge in [0.1, 0.15) is 15.6 Å². The highest BCUT2D eigenvalue weighted by atomic mass is 32.2. The van der Waals surface area contributed by atoms with Crippen LogP contribution >= 0.6 is 0 Å². The molecule has 2 N–H and O–H groups in total. The minimum Gasteiger partial charge on any atom is -0.327 e. The first-order valence-electron chi connectivity index (χ1n) is 5.17. The molecule has 0 heterocycles. The summed E-state index contributed by atoms with van der Waals surface area (Å²) in [5.41, 5.74) is 5.74. The Morgan fingerprint density at radius 2 is 1.87 bits per heavy atom. The fourth-order valence-corrected chi connectivity index (χ4v) is 1.80. The molecule has 0 aromatic heterocycles. The Balaban J connectivity index is 3.77. The smallest absolute Gasteiger partial charge is 0.147 e. The predicted octanol–water partition coefficient (Wildman–Crippen LogP) is 0.754. The first-order chi connectivity index (χ1) is 6.72. The first-order valence-corrected chi connectivity index (χ1v) is 7.23. The summed E-state index contributed by atoms with van der Waals surface area (Å²) >= 11 is 0. The van der Waals surface area contributed by atoms with E-state index >= 15 is 0 Å². The Kier molecular flexibility index (Phi) is 6.05. The molecule has 0 fully saturated rings. The number of Topliss-reactive ketones (excluding diaryl/α,β-unsaturated/α-hetero) is 1. The fourth-order valence-electron chi connectivity index (χ4n) is 1.13. The van der Waals surface area contributed by atoms with Crippen LogP contribution in [0.3, 0.4) is 0 Å². The zero-order valence-corrected chi connectivity index (χ0v) is 10.5. The van der Waals surface area contributed by atoms with Gasteiger partial charge in [-0.1, -0.05) is 13.8 Å². The SMILES string of the molecule is CC(C)C(N)CC(=O)CCCS(C)(=O)=O. The Morgan fingerprint density at radius 3 is 2.27 bits per heavy atom. The van der Waals surface area contributed by atoms with Gasteiger partial charge in [0.05, 0.1) is 5.75 Å². The summed E-state index contributed by atoms with van der Waals surface area (Å²) in [6, 6.07) is -0.115. The van der Waals surface area contributed by atoms with Crippen LogP contribution in [0.15, 0.2) is 0 Å². The summed E-state index contributed by atoms with van der Waals surface area (Å²) in [6.45, 7) is 3.93. The average Bonchev–Trinajstić information content (AvgIpc) is 2.01. The maximum absolute atomic E-state index is 11.4. The molecule has 0 amide bonds. The summed E-state index contributed by atoms with van der Waals surface area (Å²) in [5.74, 6) is 0.416. The highest BCUT2D eigenvalue weighted by Gasteiger charge is 2.13. The fraction of sp³-hybridized carbons (Fsp3) is 0.900. The van der Waals surface area contributed by atoms with Crippen molar-refractivity contribution < 1.29 is 13.2 Å². The Labute approximate surface area is 92.2 Å². The van der Waals surface area contributed by atoms with E-state index in [1.807, 2.05) is 13.8 Å². The standard InChI is InChI=1S/C10H21NO3S/c1-8(2)10(11)7-9(12)5-4-6-15(3,13)14/h8,10H,4-7,11H2,1-3H3. The normalized spacial score (nSPS) is 14.2. The van der Waals surface area contributed by atoms with E-state index in [4.69, 9.17) is 5.73 Å². The van der Waals surface area contributed by atoms with Gasteiger partial charge in [0, 0.05) is 25.1 Å². The van der Waals surface area contributed by atoms with Gasteiger partial charge in [0.15, 0.2) is 0 Å². The lowest BCUT2D eigenvalue weighted by Gasteiger charge is -2.14. The number of nitrogens with two attached hydrogens (primary N) is 1. The van der Waals surface area contributed by atoms with Crippen LogP contribution in [-0.4, -0.2) is 32.3 Å². The number of hydrogen-bond donors (Lipinski definition) is 1. The van der Waals surface area contributed by atoms with E-state index in [0.29, 0.717) is 19.3 Å². The van der Waals surface area contributed by atoms with Crippen LogP contribution in [0.25, 0.3) is 0 Å². The number of carbonyl (C=O) groups excluding carboxylic acids is 1. The van der Waals surface area contributed by atoms with Crippen molar-refractivity contribution in [3.05, 3.63) is 0 Å². The molecule has 0 rings (SSSR count). The van der Waals surface area contributed by atoms with Crippen LogP contribution in [-0.2, 0) is 14.6 Å². The second kappa shape index (κ2) is 6.23. The van der Waals surface area contributed by atoms with Crippen LogP contribution in [0, 0.1) is 5.92 Å². The van der Waals surface area contributed by atoms with Crippen molar-refractivity contribution in [3.63, 3.8) is 0 Å². The van der Waals surface area contributed by atoms with E-state index in [9.17, 15) is 13.2 Å². The molecule has 5 heteroatoms. The van der Waals surface area contributed by atoms with Gasteiger partial charge in [0.25, 0.3) is 0 Å². The number of carbonyl (C=O) groups is 1. The molecule has 0 saturated carbocycles. The molecule has 0 aromatic rings. The van der Waals surface area contributed by atoms with Gasteiger partial charge in [-0.05, 0) is 12.3 Å². The van der Waals surface area contributed by atoms with Crippen molar-refractivity contribution >= 4 is 15.6 Å². The highest BCUT2D eigenvalue weighted by molar-refractivity contribution is 7.90. The van der Waals surface area contributed by atoms with E-state index in [-0.39, 0.29) is 23.5 Å². The minimum atomic E-state index is -2.95. The lowest BCUT2D eigenvalue weighted by atomic mass is 9.98. The molecule has 0 aromatic carbocycles. The molecular formula is C10H21NO3S. The van der Waals surface area contributed by atoms with Gasteiger partial charge < -0.3 is 5.73 Å². The summed E-state index contributed by atoms with van der Waals surface area (Å²) < 4.78 is 21.6. The van der Waals surface area contributed by atoms with Crippen LogP contribution < -0.4 is 5.73 Å². The minimum absolute atomic E-state index is 0.0554. The first kappa shape index (κ1) is 14.6. The Bertz CT molecular complexity index is 296. The maximum atomic E-state index is 11.4. The van der Waals surface area contributed by atoms with E-state index in [1.54, 1.807) is 0 Å². The highest BCUT2D eigenvalue weighted by Crippen LogP contribution is 2.06. The molecule has 0 aliphatic heterocycles. The molecule has 0 aliphatic carbocycles. The molecule has 0 saturated heterocycles. The van der Waals surface area contributed by atoms with Crippen molar-refractivity contribution in [2.24, 2.45) is 11.7 Å². The summed E-state index contributed by atoms with van der Waals surface area (Å²) in [7, 11) is -2.95. The van der Waals surface area contributed by atoms with Gasteiger partial charge in [-0.25, -0.2) is 8.42 Å². The van der Waals surface area contributed by atoms with Crippen molar-refractivity contribution in [1.82, 2.24) is 0 Å². The number of ketones is 1. The summed E-state index contributed by atoms with van der Waals surface area (Å²) in [4.78, 5) is 11.4. The van der Waals surface area contributed by atoms with Crippen LogP contribution in [0.2, 0.25) is 0 Å². The van der Waals surface area contributed by atoms with Gasteiger partial charge in [-0.2, -0.15) is 0 Å². The van der Waals surface area contributed by atoms with E-state index in [0.717, 1.165) is 0 Å². The molecule has 90 valence electrons. The zero-order chi connectivity index (χ0) is 12.1. The summed E-state index contributed by atoms with van der Waals surface area (Å²) in [5, 5.41) is 0. The van der Waals surface area contributed by atoms with Crippen molar-refractivity contribution in [2.75, 3.05) is 12.0 Å². The Hall–Kier alpha value is -0.420. The van der Waals surface area contributed by atoms with Crippen LogP contribution in [0.5, 0.6) is 0 Å². The van der Waals surface area contributed by atoms with Crippen molar-refractivity contribution in [2.45, 2.75) is 39.2 Å². The Morgan fingerprint density at radius 1 is 1.33 bits per heavy atom. The third kappa shape index (κ3) is 8.57. The molecule has 0 spiro atoms. The number of sulfone groups is 1. The molecule has 0 bridgehead atoms. The predicted molar refractivity (Wildman–Crippen MR) is 61.4 cm³/mol. The topological polar surface area (TPSA) is 77.2 Å². The van der Waals surface area contributed by atoms with E-state index in [1.165, 1.54) is 6.26 Å². The van der Waals surface area contributed by atoms with Crippen LogP contribution in [0.4, 0.5) is 0 Å². The maximum Gasteiger partial charge on any atom is 0.147 e.